The van der Waals surface area contributed by atoms with E-state index < -0.39 is 21.2 Å². The molecule has 0 aliphatic carbocycles. The molecule has 0 N–H and O–H groups in total. The summed E-state index contributed by atoms with van der Waals surface area (Å²) in [6.45, 7) is 0. The third kappa shape index (κ3) is 2.43. The van der Waals surface area contributed by atoms with Crippen molar-refractivity contribution in [3.05, 3.63) is 74.8 Å². The van der Waals surface area contributed by atoms with Crippen LogP contribution in [0.25, 0.3) is 27.5 Å². The maximum absolute atomic E-state index is 11.2. The second kappa shape index (κ2) is 5.34. The van der Waals surface area contributed by atoms with Crippen LogP contribution in [0.1, 0.15) is 0 Å². The molecule has 0 aliphatic heterocycles. The van der Waals surface area contributed by atoms with E-state index in [2.05, 4.69) is 10.2 Å². The van der Waals surface area contributed by atoms with Crippen molar-refractivity contribution in [2.24, 2.45) is 0 Å². The molecule has 122 valence electrons. The van der Waals surface area contributed by atoms with Crippen LogP contribution in [0.4, 0.5) is 11.4 Å². The third-order valence-electron chi connectivity index (χ3n) is 3.82. The minimum Gasteiger partial charge on any atom is -0.258 e. The van der Waals surface area contributed by atoms with E-state index in [0.717, 1.165) is 16.8 Å². The molecule has 0 aliphatic rings. The van der Waals surface area contributed by atoms with Crippen molar-refractivity contribution in [1.82, 2.24) is 15.0 Å². The molecule has 0 saturated carbocycles. The highest BCUT2D eigenvalue weighted by Gasteiger charge is 2.23. The van der Waals surface area contributed by atoms with E-state index in [1.807, 2.05) is 36.4 Å². The Kier molecular flexibility index (Phi) is 3.14. The smallest absolute Gasteiger partial charge is 0.258 e. The lowest BCUT2D eigenvalue weighted by atomic mass is 10.1. The maximum Gasteiger partial charge on any atom is 0.305 e. The predicted octanol–water partition coefficient (Wildman–Crippen LogP) is 3.39. The average molecular weight is 335 g/mol. The molecule has 0 saturated heterocycles. The van der Waals surface area contributed by atoms with Gasteiger partial charge in [-0.1, -0.05) is 30.3 Å². The van der Waals surface area contributed by atoms with Gasteiger partial charge in [0.1, 0.15) is 5.52 Å². The zero-order valence-corrected chi connectivity index (χ0v) is 12.6. The van der Waals surface area contributed by atoms with Gasteiger partial charge in [0.15, 0.2) is 5.52 Å². The van der Waals surface area contributed by atoms with Crippen LogP contribution >= 0.6 is 0 Å². The average Bonchev–Trinajstić information content (AvgIpc) is 3.04. The molecule has 0 fully saturated rings. The molecular weight excluding hydrogens is 326 g/mol. The Morgan fingerprint density at radius 1 is 0.840 bits per heavy atom. The van der Waals surface area contributed by atoms with Crippen molar-refractivity contribution in [2.75, 3.05) is 0 Å². The molecule has 0 spiro atoms. The van der Waals surface area contributed by atoms with Gasteiger partial charge >= 0.3 is 5.69 Å². The van der Waals surface area contributed by atoms with Crippen molar-refractivity contribution in [3.63, 3.8) is 0 Å². The molecular formula is C16H9N5O4. The number of non-ortho nitro benzene ring substituents is 2. The Balaban J connectivity index is 1.94. The summed E-state index contributed by atoms with van der Waals surface area (Å²) in [6, 6.07) is 15.3. The fourth-order valence-corrected chi connectivity index (χ4v) is 2.65. The lowest BCUT2D eigenvalue weighted by Gasteiger charge is -2.01. The molecule has 0 atom stereocenters. The van der Waals surface area contributed by atoms with Gasteiger partial charge in [-0.05, 0) is 22.9 Å². The van der Waals surface area contributed by atoms with Crippen LogP contribution in [0, 0.1) is 20.2 Å². The van der Waals surface area contributed by atoms with Gasteiger partial charge in [0, 0.05) is 6.07 Å². The highest BCUT2D eigenvalue weighted by atomic mass is 16.6. The van der Waals surface area contributed by atoms with Gasteiger partial charge in [0.05, 0.1) is 21.6 Å². The largest absolute Gasteiger partial charge is 0.305 e. The molecule has 25 heavy (non-hydrogen) atoms. The van der Waals surface area contributed by atoms with E-state index in [-0.39, 0.29) is 11.0 Å². The van der Waals surface area contributed by atoms with Gasteiger partial charge in [-0.3, -0.25) is 20.2 Å². The quantitative estimate of drug-likeness (QED) is 0.418. The second-order valence-corrected chi connectivity index (χ2v) is 5.37. The molecule has 4 rings (SSSR count). The summed E-state index contributed by atoms with van der Waals surface area (Å²) < 4.78 is 0. The SMILES string of the molecule is O=[N+]([O-])c1cc([N+](=O)[O-])c2nn(-c3ccc4ccccc4c3)nc2c1. The Labute approximate surface area is 139 Å². The van der Waals surface area contributed by atoms with Crippen LogP contribution in [0.2, 0.25) is 0 Å². The van der Waals surface area contributed by atoms with Gasteiger partial charge in [-0.15, -0.1) is 10.2 Å². The molecule has 0 amide bonds. The summed E-state index contributed by atoms with van der Waals surface area (Å²) in [5.41, 5.74) is -0.148. The van der Waals surface area contributed by atoms with Crippen LogP contribution in [-0.4, -0.2) is 24.8 Å². The molecule has 0 radical (unpaired) electrons. The summed E-state index contributed by atoms with van der Waals surface area (Å²) >= 11 is 0. The van der Waals surface area contributed by atoms with Crippen molar-refractivity contribution in [1.29, 1.82) is 0 Å². The van der Waals surface area contributed by atoms with Crippen molar-refractivity contribution in [3.8, 4) is 5.69 Å². The maximum atomic E-state index is 11.2. The molecule has 1 heterocycles. The Hall–Kier alpha value is -3.88. The zero-order chi connectivity index (χ0) is 17.6. The number of nitrogens with zero attached hydrogens (tertiary/aromatic N) is 5. The van der Waals surface area contributed by atoms with Gasteiger partial charge in [-0.2, -0.15) is 4.80 Å². The monoisotopic (exact) mass is 335 g/mol. The summed E-state index contributed by atoms with van der Waals surface area (Å²) in [5.74, 6) is 0. The van der Waals surface area contributed by atoms with Crippen LogP contribution in [0.5, 0.6) is 0 Å². The first-order valence-electron chi connectivity index (χ1n) is 7.22. The summed E-state index contributed by atoms with van der Waals surface area (Å²) in [4.78, 5) is 22.0. The Bertz CT molecular complexity index is 1170. The third-order valence-corrected chi connectivity index (χ3v) is 3.82. The standard InChI is InChI=1S/C16H9N5O4/c22-20(23)13-8-14-16(15(9-13)21(24)25)18-19(17-14)12-6-5-10-3-1-2-4-11(10)7-12/h1-9H. The first-order chi connectivity index (χ1) is 12.0. The number of benzene rings is 3. The number of hydrogen-bond donors (Lipinski definition) is 0. The van der Waals surface area contributed by atoms with E-state index in [0.29, 0.717) is 5.69 Å². The van der Waals surface area contributed by atoms with Crippen molar-refractivity contribution >= 4 is 33.2 Å². The molecule has 3 aromatic carbocycles. The minimum atomic E-state index is -0.700. The Morgan fingerprint density at radius 3 is 2.32 bits per heavy atom. The van der Waals surface area contributed by atoms with Gasteiger partial charge in [-0.25, -0.2) is 0 Å². The van der Waals surface area contributed by atoms with E-state index in [9.17, 15) is 20.2 Å². The summed E-state index contributed by atoms with van der Waals surface area (Å²) in [5, 5.41) is 32.5. The highest BCUT2D eigenvalue weighted by molar-refractivity contribution is 5.87. The molecule has 1 aromatic heterocycles. The van der Waals surface area contributed by atoms with Gasteiger partial charge in [0.25, 0.3) is 5.69 Å². The highest BCUT2D eigenvalue weighted by Crippen LogP contribution is 2.29. The zero-order valence-electron chi connectivity index (χ0n) is 12.6. The van der Waals surface area contributed by atoms with Crippen LogP contribution in [-0.2, 0) is 0 Å². The Morgan fingerprint density at radius 2 is 1.60 bits per heavy atom. The fraction of sp³-hybridized carbons (Fsp3) is 0. The number of rotatable bonds is 3. The molecule has 0 unspecified atom stereocenters. The van der Waals surface area contributed by atoms with Crippen LogP contribution in [0.15, 0.2) is 54.6 Å². The normalized spacial score (nSPS) is 11.0. The first-order valence-corrected chi connectivity index (χ1v) is 7.22. The summed E-state index contributed by atoms with van der Waals surface area (Å²) in [7, 11) is 0. The van der Waals surface area contributed by atoms with Crippen molar-refractivity contribution < 1.29 is 9.85 Å². The van der Waals surface area contributed by atoms with Crippen molar-refractivity contribution in [2.45, 2.75) is 0 Å². The second-order valence-electron chi connectivity index (χ2n) is 5.37. The van der Waals surface area contributed by atoms with Gasteiger partial charge < -0.3 is 0 Å². The molecule has 9 heteroatoms. The van der Waals surface area contributed by atoms with E-state index in [4.69, 9.17) is 0 Å². The number of aromatic nitrogens is 3. The lowest BCUT2D eigenvalue weighted by Crippen LogP contribution is -1.98. The number of nitro benzene ring substituents is 2. The molecule has 4 aromatic rings. The van der Waals surface area contributed by atoms with Crippen LogP contribution < -0.4 is 0 Å². The van der Waals surface area contributed by atoms with Gasteiger partial charge in [0.2, 0.25) is 0 Å². The number of hydrogen-bond acceptors (Lipinski definition) is 6. The van der Waals surface area contributed by atoms with Crippen LogP contribution in [0.3, 0.4) is 0 Å². The van der Waals surface area contributed by atoms with E-state index in [1.165, 1.54) is 10.9 Å². The summed E-state index contributed by atoms with van der Waals surface area (Å²) in [6.07, 6.45) is 0. The van der Waals surface area contributed by atoms with E-state index >= 15 is 0 Å². The first kappa shape index (κ1) is 14.7. The lowest BCUT2D eigenvalue weighted by molar-refractivity contribution is -0.393. The topological polar surface area (TPSA) is 117 Å². The fourth-order valence-electron chi connectivity index (χ4n) is 2.65. The predicted molar refractivity (Wildman–Crippen MR) is 89.7 cm³/mol. The molecule has 9 nitrogen and oxygen atoms in total. The molecule has 0 bridgehead atoms. The minimum absolute atomic E-state index is 0.00348. The van der Waals surface area contributed by atoms with E-state index in [1.54, 1.807) is 6.07 Å². The number of nitro groups is 2. The number of fused-ring (bicyclic) bond motifs is 2.